The predicted octanol–water partition coefficient (Wildman–Crippen LogP) is 3.00. The third kappa shape index (κ3) is 4.18. The molecule has 0 radical (unpaired) electrons. The molecule has 1 aromatic carbocycles. The molecule has 0 spiro atoms. The van der Waals surface area contributed by atoms with Gasteiger partial charge in [0.1, 0.15) is 0 Å². The third-order valence-corrected chi connectivity index (χ3v) is 3.30. The van der Waals surface area contributed by atoms with Crippen molar-refractivity contribution in [3.05, 3.63) is 36.5 Å². The van der Waals surface area contributed by atoms with Crippen molar-refractivity contribution in [2.24, 2.45) is 0 Å². The summed E-state index contributed by atoms with van der Waals surface area (Å²) in [5, 5.41) is 15.2. The lowest BCUT2D eigenvalue weighted by Gasteiger charge is -2.25. The number of fused-ring (bicyclic) bond motifs is 1. The first-order valence-electron chi connectivity index (χ1n) is 7.02. The summed E-state index contributed by atoms with van der Waals surface area (Å²) in [6.07, 6.45) is 2.02. The summed E-state index contributed by atoms with van der Waals surface area (Å²) < 4.78 is 0. The summed E-state index contributed by atoms with van der Waals surface area (Å²) in [7, 11) is 0. The van der Waals surface area contributed by atoms with Crippen molar-refractivity contribution < 1.29 is 14.7 Å². The van der Waals surface area contributed by atoms with Crippen LogP contribution in [0.5, 0.6) is 0 Å². The Hall–Kier alpha value is -2.63. The Labute approximate surface area is 128 Å². The second-order valence-corrected chi connectivity index (χ2v) is 5.74. The Bertz CT molecular complexity index is 693. The van der Waals surface area contributed by atoms with Crippen LogP contribution >= 0.6 is 0 Å². The number of carbonyl (C=O) groups excluding carboxylic acids is 1. The molecule has 0 bridgehead atoms. The van der Waals surface area contributed by atoms with Gasteiger partial charge < -0.3 is 15.7 Å². The minimum Gasteiger partial charge on any atom is -0.481 e. The average Bonchev–Trinajstić information content (AvgIpc) is 2.45. The molecule has 2 aromatic rings. The van der Waals surface area contributed by atoms with Crippen LogP contribution in [-0.4, -0.2) is 27.6 Å². The van der Waals surface area contributed by atoms with E-state index < -0.39 is 11.5 Å². The minimum atomic E-state index is -0.881. The molecule has 0 saturated heterocycles. The number of rotatable bonds is 5. The summed E-state index contributed by atoms with van der Waals surface area (Å²) in [5.74, 6) is -0.881. The fourth-order valence-corrected chi connectivity index (χ4v) is 2.15. The maximum Gasteiger partial charge on any atom is 0.319 e. The van der Waals surface area contributed by atoms with Gasteiger partial charge in [-0.2, -0.15) is 0 Å². The topological polar surface area (TPSA) is 91.3 Å². The molecule has 6 nitrogen and oxygen atoms in total. The first-order valence-corrected chi connectivity index (χ1v) is 7.02. The summed E-state index contributed by atoms with van der Waals surface area (Å²) >= 11 is 0. The molecule has 6 heteroatoms. The molecular formula is C16H19N3O3. The Kier molecular flexibility index (Phi) is 4.60. The molecule has 0 aliphatic rings. The van der Waals surface area contributed by atoms with Gasteiger partial charge in [0.25, 0.3) is 0 Å². The average molecular weight is 301 g/mol. The number of hydrogen-bond donors (Lipinski definition) is 3. The van der Waals surface area contributed by atoms with Crippen molar-refractivity contribution in [2.75, 3.05) is 5.32 Å². The molecule has 0 fully saturated rings. The highest BCUT2D eigenvalue weighted by atomic mass is 16.4. The second kappa shape index (κ2) is 6.43. The van der Waals surface area contributed by atoms with Crippen LogP contribution in [0.1, 0.15) is 26.7 Å². The zero-order valence-corrected chi connectivity index (χ0v) is 12.6. The number of nitrogens with zero attached hydrogens (tertiary/aromatic N) is 1. The van der Waals surface area contributed by atoms with Crippen LogP contribution in [0.2, 0.25) is 0 Å². The van der Waals surface area contributed by atoms with E-state index in [0.717, 1.165) is 5.39 Å². The number of urea groups is 1. The molecule has 0 aliphatic heterocycles. The standard InChI is InChI=1S/C16H19N3O3/c1-16(2,9-8-13(20)21)19-15(22)18-12-7-3-5-11-6-4-10-17-14(11)12/h3-7,10H,8-9H2,1-2H3,(H,20,21)(H2,18,19,22). The molecule has 1 heterocycles. The maximum atomic E-state index is 12.1. The molecule has 0 unspecified atom stereocenters. The van der Waals surface area contributed by atoms with Crippen molar-refractivity contribution in [1.29, 1.82) is 0 Å². The van der Waals surface area contributed by atoms with Crippen LogP contribution in [-0.2, 0) is 4.79 Å². The lowest BCUT2D eigenvalue weighted by atomic mass is 9.99. The van der Waals surface area contributed by atoms with Crippen LogP contribution in [0.25, 0.3) is 10.9 Å². The molecule has 22 heavy (non-hydrogen) atoms. The fourth-order valence-electron chi connectivity index (χ4n) is 2.15. The molecule has 2 rings (SSSR count). The summed E-state index contributed by atoms with van der Waals surface area (Å²) in [5.41, 5.74) is 0.716. The zero-order chi connectivity index (χ0) is 16.2. The van der Waals surface area contributed by atoms with Gasteiger partial charge >= 0.3 is 12.0 Å². The SMILES string of the molecule is CC(C)(CCC(=O)O)NC(=O)Nc1cccc2cccnc12. The van der Waals surface area contributed by atoms with E-state index in [1.807, 2.05) is 24.3 Å². The van der Waals surface area contributed by atoms with Gasteiger partial charge in [-0.3, -0.25) is 9.78 Å². The highest BCUT2D eigenvalue weighted by molar-refractivity contribution is 5.99. The van der Waals surface area contributed by atoms with Crippen LogP contribution in [0.3, 0.4) is 0 Å². The Morgan fingerprint density at radius 3 is 2.68 bits per heavy atom. The summed E-state index contributed by atoms with van der Waals surface area (Å²) in [6.45, 7) is 3.58. The molecule has 0 atom stereocenters. The van der Waals surface area contributed by atoms with Crippen LogP contribution in [0.4, 0.5) is 10.5 Å². The van der Waals surface area contributed by atoms with Crippen LogP contribution in [0, 0.1) is 0 Å². The number of pyridine rings is 1. The van der Waals surface area contributed by atoms with Crippen LogP contribution < -0.4 is 10.6 Å². The number of para-hydroxylation sites is 1. The number of aromatic nitrogens is 1. The van der Waals surface area contributed by atoms with E-state index in [0.29, 0.717) is 17.6 Å². The summed E-state index contributed by atoms with van der Waals surface area (Å²) in [6, 6.07) is 8.91. The zero-order valence-electron chi connectivity index (χ0n) is 12.6. The number of anilines is 1. The quantitative estimate of drug-likeness (QED) is 0.791. The van der Waals surface area contributed by atoms with Gasteiger partial charge in [0.2, 0.25) is 0 Å². The monoisotopic (exact) mass is 301 g/mol. The Balaban J connectivity index is 2.06. The molecule has 1 aromatic heterocycles. The van der Waals surface area contributed by atoms with E-state index >= 15 is 0 Å². The smallest absolute Gasteiger partial charge is 0.319 e. The van der Waals surface area contributed by atoms with E-state index in [1.54, 1.807) is 26.1 Å². The van der Waals surface area contributed by atoms with E-state index in [9.17, 15) is 9.59 Å². The van der Waals surface area contributed by atoms with E-state index in [4.69, 9.17) is 5.11 Å². The Morgan fingerprint density at radius 1 is 1.23 bits per heavy atom. The largest absolute Gasteiger partial charge is 0.481 e. The van der Waals surface area contributed by atoms with Gasteiger partial charge in [-0.25, -0.2) is 4.79 Å². The number of nitrogens with one attached hydrogen (secondary N) is 2. The van der Waals surface area contributed by atoms with Crippen molar-refractivity contribution in [3.63, 3.8) is 0 Å². The van der Waals surface area contributed by atoms with Crippen LogP contribution in [0.15, 0.2) is 36.5 Å². The number of carbonyl (C=O) groups is 2. The van der Waals surface area contributed by atoms with Gasteiger partial charge in [0.05, 0.1) is 11.2 Å². The van der Waals surface area contributed by atoms with E-state index in [2.05, 4.69) is 15.6 Å². The number of carboxylic acids is 1. The van der Waals surface area contributed by atoms with Crippen molar-refractivity contribution in [1.82, 2.24) is 10.3 Å². The highest BCUT2D eigenvalue weighted by Crippen LogP contribution is 2.21. The van der Waals surface area contributed by atoms with Crippen molar-refractivity contribution in [2.45, 2.75) is 32.2 Å². The lowest BCUT2D eigenvalue weighted by molar-refractivity contribution is -0.137. The third-order valence-electron chi connectivity index (χ3n) is 3.30. The first kappa shape index (κ1) is 15.8. The molecule has 2 amide bonds. The summed E-state index contributed by atoms with van der Waals surface area (Å²) in [4.78, 5) is 27.0. The molecule has 3 N–H and O–H groups in total. The number of benzene rings is 1. The fraction of sp³-hybridized carbons (Fsp3) is 0.312. The highest BCUT2D eigenvalue weighted by Gasteiger charge is 2.21. The van der Waals surface area contributed by atoms with Gasteiger partial charge in [-0.15, -0.1) is 0 Å². The first-order chi connectivity index (χ1) is 10.4. The van der Waals surface area contributed by atoms with E-state index in [-0.39, 0.29) is 12.5 Å². The minimum absolute atomic E-state index is 0.00308. The normalized spacial score (nSPS) is 11.2. The van der Waals surface area contributed by atoms with Crippen molar-refractivity contribution in [3.8, 4) is 0 Å². The van der Waals surface area contributed by atoms with Gasteiger partial charge in [-0.1, -0.05) is 18.2 Å². The Morgan fingerprint density at radius 2 is 1.95 bits per heavy atom. The number of carboxylic acid groups (broad SMARTS) is 1. The van der Waals surface area contributed by atoms with Gasteiger partial charge in [0.15, 0.2) is 0 Å². The van der Waals surface area contributed by atoms with Crippen molar-refractivity contribution >= 4 is 28.6 Å². The van der Waals surface area contributed by atoms with E-state index in [1.165, 1.54) is 0 Å². The lowest BCUT2D eigenvalue weighted by Crippen LogP contribution is -2.45. The van der Waals surface area contributed by atoms with Gasteiger partial charge in [-0.05, 0) is 32.4 Å². The molecular weight excluding hydrogens is 282 g/mol. The second-order valence-electron chi connectivity index (χ2n) is 5.74. The molecule has 0 saturated carbocycles. The predicted molar refractivity (Wildman–Crippen MR) is 84.8 cm³/mol. The number of amides is 2. The number of hydrogen-bond acceptors (Lipinski definition) is 3. The molecule has 116 valence electrons. The maximum absolute atomic E-state index is 12.1. The van der Waals surface area contributed by atoms with Gasteiger partial charge in [0, 0.05) is 23.5 Å². The molecule has 0 aliphatic carbocycles. The number of aliphatic carboxylic acids is 1.